The van der Waals surface area contributed by atoms with Gasteiger partial charge in [0.05, 0.1) is 9.79 Å². The number of hydrogen-bond acceptors (Lipinski definition) is 6. The van der Waals surface area contributed by atoms with Crippen LogP contribution in [0.3, 0.4) is 0 Å². The summed E-state index contributed by atoms with van der Waals surface area (Å²) in [5.74, 6) is 0. The van der Waals surface area contributed by atoms with E-state index in [1.807, 2.05) is 0 Å². The number of benzene rings is 1. The molecule has 0 saturated carbocycles. The van der Waals surface area contributed by atoms with E-state index < -0.39 is 19.9 Å². The maximum atomic E-state index is 12.7. The quantitative estimate of drug-likeness (QED) is 0.784. The van der Waals surface area contributed by atoms with E-state index >= 15 is 0 Å². The van der Waals surface area contributed by atoms with Crippen molar-refractivity contribution >= 4 is 19.9 Å². The fourth-order valence-electron chi connectivity index (χ4n) is 3.27. The number of sulfonamides is 1. The van der Waals surface area contributed by atoms with Gasteiger partial charge < -0.3 is 5.32 Å². The smallest absolute Gasteiger partial charge is 0.243 e. The summed E-state index contributed by atoms with van der Waals surface area (Å²) in [7, 11) is -6.90. The molecule has 1 aromatic rings. The fourth-order valence-corrected chi connectivity index (χ4v) is 5.32. The van der Waals surface area contributed by atoms with E-state index in [1.54, 1.807) is 0 Å². The standard InChI is InChI=1S/C15H23N3O4S2/c1-23(19,20)14-2-4-15(5-3-14)24(21,22)18-10-8-17(9-11-18)13-6-7-16-12-13/h2-5,13,16H,6-12H2,1H3. The van der Waals surface area contributed by atoms with Gasteiger partial charge in [-0.25, -0.2) is 16.8 Å². The molecule has 0 radical (unpaired) electrons. The summed E-state index contributed by atoms with van der Waals surface area (Å²) in [5, 5.41) is 3.33. The molecule has 2 aliphatic rings. The normalized spacial score (nSPS) is 24.3. The maximum Gasteiger partial charge on any atom is 0.243 e. The van der Waals surface area contributed by atoms with Crippen LogP contribution in [0.15, 0.2) is 34.1 Å². The highest BCUT2D eigenvalue weighted by molar-refractivity contribution is 7.90. The number of nitrogens with one attached hydrogen (secondary N) is 1. The minimum atomic E-state index is -3.58. The van der Waals surface area contributed by atoms with Crippen molar-refractivity contribution in [2.75, 3.05) is 45.5 Å². The number of nitrogens with zero attached hydrogens (tertiary/aromatic N) is 2. The molecule has 0 amide bonds. The van der Waals surface area contributed by atoms with Crippen LogP contribution in [-0.2, 0) is 19.9 Å². The van der Waals surface area contributed by atoms with Gasteiger partial charge in [-0.15, -0.1) is 0 Å². The van der Waals surface area contributed by atoms with Gasteiger partial charge in [0, 0.05) is 45.0 Å². The first-order valence-corrected chi connectivity index (χ1v) is 11.4. The van der Waals surface area contributed by atoms with Gasteiger partial charge in [0.15, 0.2) is 9.84 Å². The van der Waals surface area contributed by atoms with Crippen LogP contribution < -0.4 is 5.32 Å². The first-order valence-electron chi connectivity index (χ1n) is 8.03. The molecule has 1 atom stereocenters. The molecule has 0 spiro atoms. The van der Waals surface area contributed by atoms with Crippen molar-refractivity contribution in [2.45, 2.75) is 22.3 Å². The maximum absolute atomic E-state index is 12.7. The number of rotatable bonds is 4. The molecule has 2 saturated heterocycles. The zero-order chi connectivity index (χ0) is 17.4. The summed E-state index contributed by atoms with van der Waals surface area (Å²) in [5.41, 5.74) is 0. The van der Waals surface area contributed by atoms with Gasteiger partial charge in [-0.3, -0.25) is 4.90 Å². The van der Waals surface area contributed by atoms with E-state index in [4.69, 9.17) is 0 Å². The lowest BCUT2D eigenvalue weighted by atomic mass is 10.2. The Kier molecular flexibility index (Phi) is 4.99. The molecular weight excluding hydrogens is 350 g/mol. The second-order valence-corrected chi connectivity index (χ2v) is 10.3. The topological polar surface area (TPSA) is 86.8 Å². The van der Waals surface area contributed by atoms with Crippen LogP contribution in [0.25, 0.3) is 0 Å². The van der Waals surface area contributed by atoms with Crippen molar-refractivity contribution in [3.05, 3.63) is 24.3 Å². The summed E-state index contributed by atoms with van der Waals surface area (Å²) >= 11 is 0. The number of piperazine rings is 1. The van der Waals surface area contributed by atoms with Crippen molar-refractivity contribution < 1.29 is 16.8 Å². The van der Waals surface area contributed by atoms with Gasteiger partial charge in [0.25, 0.3) is 0 Å². The zero-order valence-electron chi connectivity index (χ0n) is 13.7. The Hall–Kier alpha value is -1.00. The van der Waals surface area contributed by atoms with Gasteiger partial charge in [-0.1, -0.05) is 0 Å². The Bertz CT molecular complexity index is 777. The van der Waals surface area contributed by atoms with Crippen LogP contribution in [0.4, 0.5) is 0 Å². The molecule has 2 fully saturated rings. The van der Waals surface area contributed by atoms with Crippen LogP contribution >= 0.6 is 0 Å². The first kappa shape index (κ1) is 17.8. The number of sulfone groups is 1. The molecule has 2 aliphatic heterocycles. The second kappa shape index (κ2) is 6.72. The molecule has 3 rings (SSSR count). The van der Waals surface area contributed by atoms with Gasteiger partial charge >= 0.3 is 0 Å². The van der Waals surface area contributed by atoms with E-state index in [0.29, 0.717) is 19.1 Å². The average molecular weight is 374 g/mol. The van der Waals surface area contributed by atoms with Crippen molar-refractivity contribution in [1.29, 1.82) is 0 Å². The Morgan fingerprint density at radius 1 is 0.958 bits per heavy atom. The summed E-state index contributed by atoms with van der Waals surface area (Å²) in [4.78, 5) is 2.62. The SMILES string of the molecule is CS(=O)(=O)c1ccc(S(=O)(=O)N2CCN(C3CCNC3)CC2)cc1. The van der Waals surface area contributed by atoms with Gasteiger partial charge in [0.2, 0.25) is 10.0 Å². The lowest BCUT2D eigenvalue weighted by Crippen LogP contribution is -2.52. The van der Waals surface area contributed by atoms with Crippen molar-refractivity contribution in [1.82, 2.24) is 14.5 Å². The van der Waals surface area contributed by atoms with E-state index in [2.05, 4.69) is 10.2 Å². The molecule has 134 valence electrons. The van der Waals surface area contributed by atoms with E-state index in [0.717, 1.165) is 38.9 Å². The Balaban J connectivity index is 1.70. The largest absolute Gasteiger partial charge is 0.315 e. The second-order valence-electron chi connectivity index (χ2n) is 6.33. The molecule has 24 heavy (non-hydrogen) atoms. The van der Waals surface area contributed by atoms with Crippen LogP contribution in [0.5, 0.6) is 0 Å². The lowest BCUT2D eigenvalue weighted by molar-refractivity contribution is 0.145. The third-order valence-corrected chi connectivity index (χ3v) is 7.75. The molecule has 1 N–H and O–H groups in total. The minimum Gasteiger partial charge on any atom is -0.315 e. The summed E-state index contributed by atoms with van der Waals surface area (Å²) in [6, 6.07) is 5.95. The van der Waals surface area contributed by atoms with E-state index in [9.17, 15) is 16.8 Å². The van der Waals surface area contributed by atoms with Crippen LogP contribution in [0.1, 0.15) is 6.42 Å². The van der Waals surface area contributed by atoms with Crippen molar-refractivity contribution in [2.24, 2.45) is 0 Å². The monoisotopic (exact) mass is 373 g/mol. The first-order chi connectivity index (χ1) is 11.3. The van der Waals surface area contributed by atoms with Gasteiger partial charge in [-0.05, 0) is 37.2 Å². The highest BCUT2D eigenvalue weighted by Gasteiger charge is 2.31. The molecule has 7 nitrogen and oxygen atoms in total. The minimum absolute atomic E-state index is 0.125. The lowest BCUT2D eigenvalue weighted by Gasteiger charge is -2.37. The van der Waals surface area contributed by atoms with Crippen LogP contribution in [0, 0.1) is 0 Å². The molecule has 2 heterocycles. The Morgan fingerprint density at radius 2 is 1.54 bits per heavy atom. The predicted octanol–water partition coefficient (Wildman–Crippen LogP) is -0.242. The van der Waals surface area contributed by atoms with Crippen molar-refractivity contribution in [3.63, 3.8) is 0 Å². The van der Waals surface area contributed by atoms with E-state index in [-0.39, 0.29) is 9.79 Å². The average Bonchev–Trinajstić information content (AvgIpc) is 3.09. The van der Waals surface area contributed by atoms with Crippen LogP contribution in [-0.4, -0.2) is 77.6 Å². The molecule has 1 aromatic carbocycles. The van der Waals surface area contributed by atoms with E-state index in [1.165, 1.54) is 28.6 Å². The molecule has 0 bridgehead atoms. The summed E-state index contributed by atoms with van der Waals surface area (Å²) < 4.78 is 49.9. The third-order valence-electron chi connectivity index (χ3n) is 4.71. The van der Waals surface area contributed by atoms with Gasteiger partial charge in [-0.2, -0.15) is 4.31 Å². The fraction of sp³-hybridized carbons (Fsp3) is 0.600. The summed E-state index contributed by atoms with van der Waals surface area (Å²) in [6.07, 6.45) is 2.22. The van der Waals surface area contributed by atoms with Crippen molar-refractivity contribution in [3.8, 4) is 0 Å². The highest BCUT2D eigenvalue weighted by atomic mass is 32.2. The third kappa shape index (κ3) is 3.65. The Morgan fingerprint density at radius 3 is 2.04 bits per heavy atom. The predicted molar refractivity (Wildman–Crippen MR) is 91.2 cm³/mol. The number of hydrogen-bond donors (Lipinski definition) is 1. The highest BCUT2D eigenvalue weighted by Crippen LogP contribution is 2.21. The molecular formula is C15H23N3O4S2. The Labute approximate surface area is 143 Å². The molecule has 9 heteroatoms. The molecule has 0 aliphatic carbocycles. The van der Waals surface area contributed by atoms with Gasteiger partial charge in [0.1, 0.15) is 0 Å². The summed E-state index contributed by atoms with van der Waals surface area (Å²) in [6.45, 7) is 4.38. The molecule has 1 unspecified atom stereocenters. The molecule has 0 aromatic heterocycles. The zero-order valence-corrected chi connectivity index (χ0v) is 15.3. The van der Waals surface area contributed by atoms with Crippen LogP contribution in [0.2, 0.25) is 0 Å².